The molecule has 1 aromatic carbocycles. The molecule has 2 aromatic heterocycles. The Bertz CT molecular complexity index is 1150. The number of nitrogens with zero attached hydrogens (tertiary/aromatic N) is 4. The molecule has 4 rings (SSSR count). The molecule has 0 spiro atoms. The molecule has 0 unspecified atom stereocenters. The molecule has 1 aliphatic rings. The van der Waals surface area contributed by atoms with Gasteiger partial charge < -0.3 is 14.1 Å². The van der Waals surface area contributed by atoms with E-state index in [0.29, 0.717) is 31.5 Å². The number of ether oxygens (including phenoxy) is 1. The summed E-state index contributed by atoms with van der Waals surface area (Å²) in [6.07, 6.45) is 1.70. The summed E-state index contributed by atoms with van der Waals surface area (Å²) < 4.78 is 38.1. The Morgan fingerprint density at radius 3 is 2.75 bits per heavy atom. The van der Waals surface area contributed by atoms with Gasteiger partial charge in [-0.1, -0.05) is 12.1 Å². The van der Waals surface area contributed by atoms with Gasteiger partial charge in [-0.15, -0.1) is 21.5 Å². The maximum absolute atomic E-state index is 13.3. The Hall–Kier alpha value is -2.60. The highest BCUT2D eigenvalue weighted by atomic mass is 32.2. The summed E-state index contributed by atoms with van der Waals surface area (Å²) in [7, 11) is -2.07. The van der Waals surface area contributed by atoms with Crippen molar-refractivity contribution in [3.8, 4) is 10.8 Å². The maximum Gasteiger partial charge on any atom is 0.257 e. The van der Waals surface area contributed by atoms with Crippen LogP contribution in [0, 0.1) is 0 Å². The van der Waals surface area contributed by atoms with Crippen molar-refractivity contribution in [2.45, 2.75) is 24.3 Å². The van der Waals surface area contributed by atoms with Crippen LogP contribution in [-0.2, 0) is 21.3 Å². The van der Waals surface area contributed by atoms with Crippen LogP contribution < -0.4 is 0 Å². The van der Waals surface area contributed by atoms with Crippen LogP contribution in [0.4, 0.5) is 0 Å². The minimum absolute atomic E-state index is 0.0870. The van der Waals surface area contributed by atoms with E-state index in [2.05, 4.69) is 10.2 Å². The van der Waals surface area contributed by atoms with E-state index < -0.39 is 10.0 Å². The number of hydrogen-bond acceptors (Lipinski definition) is 8. The molecule has 1 fully saturated rings. The smallest absolute Gasteiger partial charge is 0.257 e. The third-order valence-corrected chi connectivity index (χ3v) is 7.91. The minimum Gasteiger partial charge on any atom is -0.418 e. The first-order valence-electron chi connectivity index (χ1n) is 10.2. The number of hydrogen-bond donors (Lipinski definition) is 0. The second-order valence-corrected chi connectivity index (χ2v) is 10.2. The summed E-state index contributed by atoms with van der Waals surface area (Å²) in [4.78, 5) is 15.7. The molecule has 11 heteroatoms. The van der Waals surface area contributed by atoms with Crippen molar-refractivity contribution in [2.24, 2.45) is 0 Å². The van der Waals surface area contributed by atoms with Crippen molar-refractivity contribution >= 4 is 27.3 Å². The van der Waals surface area contributed by atoms with Crippen molar-refractivity contribution in [3.63, 3.8) is 0 Å². The average Bonchev–Trinajstić information content (AvgIpc) is 3.58. The zero-order chi connectivity index (χ0) is 22.6. The van der Waals surface area contributed by atoms with E-state index in [4.69, 9.17) is 9.15 Å². The van der Waals surface area contributed by atoms with Crippen LogP contribution in [0.5, 0.6) is 0 Å². The molecule has 0 radical (unpaired) electrons. The lowest BCUT2D eigenvalue weighted by molar-refractivity contribution is 0.0663. The molecule has 0 bridgehead atoms. The fraction of sp³-hybridized carbons (Fsp3) is 0.381. The molecule has 170 valence electrons. The van der Waals surface area contributed by atoms with Crippen LogP contribution in [0.25, 0.3) is 10.8 Å². The van der Waals surface area contributed by atoms with Gasteiger partial charge in [-0.25, -0.2) is 8.42 Å². The minimum atomic E-state index is -3.62. The fourth-order valence-corrected chi connectivity index (χ4v) is 5.69. The van der Waals surface area contributed by atoms with E-state index in [9.17, 15) is 13.2 Å². The quantitative estimate of drug-likeness (QED) is 0.467. The molecule has 1 amide bonds. The van der Waals surface area contributed by atoms with Crippen molar-refractivity contribution < 1.29 is 22.4 Å². The Morgan fingerprint density at radius 1 is 1.22 bits per heavy atom. The van der Waals surface area contributed by atoms with Gasteiger partial charge in [0.15, 0.2) is 0 Å². The lowest BCUT2D eigenvalue weighted by atomic mass is 10.2. The second kappa shape index (κ2) is 9.90. The number of aromatic nitrogens is 2. The first kappa shape index (κ1) is 22.6. The van der Waals surface area contributed by atoms with E-state index in [-0.39, 0.29) is 29.5 Å². The second-order valence-electron chi connectivity index (χ2n) is 7.34. The standard InChI is InChI=1S/C21H24N4O5S2/c1-29-12-11-24(15-19-22-23-20(30-19)18-8-5-13-31-18)21(26)16-6-4-7-17(14-16)32(27,28)25-9-2-3-10-25/h4-8,13-14H,2-3,9-12,15H2,1H3. The molecule has 0 N–H and O–H groups in total. The predicted octanol–water partition coefficient (Wildman–Crippen LogP) is 2.87. The lowest BCUT2D eigenvalue weighted by Gasteiger charge is -2.21. The van der Waals surface area contributed by atoms with Crippen molar-refractivity contribution in [1.82, 2.24) is 19.4 Å². The summed E-state index contributed by atoms with van der Waals surface area (Å²) in [6, 6.07) is 9.92. The maximum atomic E-state index is 13.3. The third-order valence-electron chi connectivity index (χ3n) is 5.16. The monoisotopic (exact) mass is 476 g/mol. The van der Waals surface area contributed by atoms with Gasteiger partial charge in [0.2, 0.25) is 15.9 Å². The summed E-state index contributed by atoms with van der Waals surface area (Å²) in [5.74, 6) is 0.350. The molecular weight excluding hydrogens is 452 g/mol. The number of carbonyl (C=O) groups excluding carboxylic acids is 1. The van der Waals surface area contributed by atoms with Gasteiger partial charge in [-0.2, -0.15) is 4.31 Å². The van der Waals surface area contributed by atoms with Gasteiger partial charge in [0.05, 0.1) is 22.9 Å². The van der Waals surface area contributed by atoms with Gasteiger partial charge in [0, 0.05) is 32.3 Å². The highest BCUT2D eigenvalue weighted by Gasteiger charge is 2.28. The Morgan fingerprint density at radius 2 is 2.03 bits per heavy atom. The van der Waals surface area contributed by atoms with E-state index >= 15 is 0 Å². The van der Waals surface area contributed by atoms with Gasteiger partial charge in [-0.05, 0) is 42.5 Å². The number of sulfonamides is 1. The van der Waals surface area contributed by atoms with Crippen LogP contribution in [0.2, 0.25) is 0 Å². The van der Waals surface area contributed by atoms with E-state index in [1.165, 1.54) is 32.7 Å². The highest BCUT2D eigenvalue weighted by Crippen LogP contribution is 2.24. The normalized spacial score (nSPS) is 14.7. The van der Waals surface area contributed by atoms with Crippen LogP contribution in [-0.4, -0.2) is 67.1 Å². The lowest BCUT2D eigenvalue weighted by Crippen LogP contribution is -2.34. The molecule has 0 aliphatic carbocycles. The first-order chi connectivity index (χ1) is 15.5. The molecular formula is C21H24N4O5S2. The largest absolute Gasteiger partial charge is 0.418 e. The molecule has 3 aromatic rings. The fourth-order valence-electron chi connectivity index (χ4n) is 3.48. The number of benzene rings is 1. The predicted molar refractivity (Wildman–Crippen MR) is 119 cm³/mol. The molecule has 3 heterocycles. The van der Waals surface area contributed by atoms with E-state index in [1.54, 1.807) is 19.2 Å². The zero-order valence-corrected chi connectivity index (χ0v) is 19.3. The molecule has 9 nitrogen and oxygen atoms in total. The Labute approximate surface area is 190 Å². The third kappa shape index (κ3) is 4.90. The van der Waals surface area contributed by atoms with Crippen LogP contribution >= 0.6 is 11.3 Å². The highest BCUT2D eigenvalue weighted by molar-refractivity contribution is 7.89. The molecule has 0 saturated carbocycles. The summed E-state index contributed by atoms with van der Waals surface area (Å²) in [6.45, 7) is 1.69. The average molecular weight is 477 g/mol. The molecule has 32 heavy (non-hydrogen) atoms. The van der Waals surface area contributed by atoms with Crippen LogP contribution in [0.15, 0.2) is 51.1 Å². The van der Waals surface area contributed by atoms with Crippen molar-refractivity contribution in [1.29, 1.82) is 0 Å². The number of rotatable bonds is 9. The topological polar surface area (TPSA) is 106 Å². The molecule has 1 aliphatic heterocycles. The van der Waals surface area contributed by atoms with Gasteiger partial charge in [0.1, 0.15) is 0 Å². The van der Waals surface area contributed by atoms with Crippen LogP contribution in [0.1, 0.15) is 29.1 Å². The number of amides is 1. The summed E-state index contributed by atoms with van der Waals surface area (Å²) in [5.41, 5.74) is 0.277. The molecule has 0 atom stereocenters. The van der Waals surface area contributed by atoms with Gasteiger partial charge in [0.25, 0.3) is 11.8 Å². The van der Waals surface area contributed by atoms with Crippen molar-refractivity contribution in [3.05, 3.63) is 53.2 Å². The zero-order valence-electron chi connectivity index (χ0n) is 17.6. The van der Waals surface area contributed by atoms with Crippen molar-refractivity contribution in [2.75, 3.05) is 33.4 Å². The molecule has 1 saturated heterocycles. The summed E-state index contributed by atoms with van der Waals surface area (Å²) >= 11 is 1.48. The van der Waals surface area contributed by atoms with Gasteiger partial charge in [-0.3, -0.25) is 4.79 Å². The summed E-state index contributed by atoms with van der Waals surface area (Å²) in [5, 5.41) is 10.0. The first-order valence-corrected chi connectivity index (χ1v) is 12.6. The number of carbonyl (C=O) groups is 1. The van der Waals surface area contributed by atoms with Gasteiger partial charge >= 0.3 is 0 Å². The Kier molecular flexibility index (Phi) is 6.99. The van der Waals surface area contributed by atoms with Crippen LogP contribution in [0.3, 0.4) is 0 Å². The van der Waals surface area contributed by atoms with E-state index in [1.807, 2.05) is 17.5 Å². The van der Waals surface area contributed by atoms with E-state index in [0.717, 1.165) is 17.7 Å². The number of thiophene rings is 1. The SMILES string of the molecule is COCCN(Cc1nnc(-c2cccs2)o1)C(=O)c1cccc(S(=O)(=O)N2CCCC2)c1. The Balaban J connectivity index is 1.55. The number of methoxy groups -OCH3 is 1.